The molecule has 0 amide bonds. The van der Waals surface area contributed by atoms with E-state index in [1.54, 1.807) is 13.0 Å². The molecule has 1 N–H and O–H groups in total. The third-order valence-electron chi connectivity index (χ3n) is 3.14. The molecule has 3 heteroatoms. The van der Waals surface area contributed by atoms with Crippen molar-refractivity contribution in [3.63, 3.8) is 0 Å². The van der Waals surface area contributed by atoms with Crippen LogP contribution in [0.3, 0.4) is 0 Å². The molecule has 0 aromatic heterocycles. The number of hydrogen-bond acceptors (Lipinski definition) is 2. The molecule has 0 fully saturated rings. The molecule has 96 valence electrons. The Hall–Kier alpha value is -1.09. The van der Waals surface area contributed by atoms with Crippen LogP contribution in [0.4, 0.5) is 10.1 Å². The summed E-state index contributed by atoms with van der Waals surface area (Å²) in [6.07, 6.45) is 0.300. The van der Waals surface area contributed by atoms with E-state index in [1.165, 1.54) is 6.07 Å². The Bertz CT molecular complexity index is 365. The first-order valence-electron chi connectivity index (χ1n) is 6.15. The van der Waals surface area contributed by atoms with Gasteiger partial charge in [-0.15, -0.1) is 0 Å². The number of halogens is 1. The van der Waals surface area contributed by atoms with Crippen LogP contribution < -0.4 is 4.90 Å². The van der Waals surface area contributed by atoms with E-state index in [0.717, 1.165) is 18.7 Å². The number of aliphatic hydroxyl groups excluding tert-OH is 1. The van der Waals surface area contributed by atoms with Crippen LogP contribution in [0, 0.1) is 11.7 Å². The molecular weight excluding hydrogens is 217 g/mol. The first-order chi connectivity index (χ1) is 7.97. The normalized spacial score (nSPS) is 14.5. The summed E-state index contributed by atoms with van der Waals surface area (Å²) in [6.45, 7) is 6.76. The van der Waals surface area contributed by atoms with Crippen LogP contribution in [0.25, 0.3) is 0 Å². The minimum Gasteiger partial charge on any atom is -0.389 e. The predicted octanol–water partition coefficient (Wildman–Crippen LogP) is 3.36. The molecule has 0 spiro atoms. The molecule has 1 rings (SSSR count). The molecule has 0 saturated heterocycles. The van der Waals surface area contributed by atoms with Crippen molar-refractivity contribution >= 4 is 5.69 Å². The zero-order valence-electron chi connectivity index (χ0n) is 11.1. The number of benzene rings is 1. The Morgan fingerprint density at radius 2 is 2.00 bits per heavy atom. The summed E-state index contributed by atoms with van der Waals surface area (Å²) in [6, 6.07) is 4.93. The highest BCUT2D eigenvalue weighted by Crippen LogP contribution is 2.28. The number of anilines is 1. The lowest BCUT2D eigenvalue weighted by Crippen LogP contribution is -2.25. The first-order valence-corrected chi connectivity index (χ1v) is 6.15. The van der Waals surface area contributed by atoms with Crippen molar-refractivity contribution in [1.82, 2.24) is 0 Å². The van der Waals surface area contributed by atoms with Crippen molar-refractivity contribution in [1.29, 1.82) is 0 Å². The number of nitrogens with zero attached hydrogens (tertiary/aromatic N) is 1. The second kappa shape index (κ2) is 6.01. The Kier molecular flexibility index (Phi) is 4.94. The highest BCUT2D eigenvalue weighted by molar-refractivity contribution is 5.54. The van der Waals surface area contributed by atoms with Crippen molar-refractivity contribution in [3.8, 4) is 0 Å². The van der Waals surface area contributed by atoms with Crippen molar-refractivity contribution in [2.45, 2.75) is 33.3 Å². The van der Waals surface area contributed by atoms with Gasteiger partial charge in [-0.3, -0.25) is 0 Å². The van der Waals surface area contributed by atoms with E-state index in [9.17, 15) is 9.50 Å². The van der Waals surface area contributed by atoms with Crippen molar-refractivity contribution in [2.24, 2.45) is 5.92 Å². The van der Waals surface area contributed by atoms with Crippen LogP contribution in [0.15, 0.2) is 18.2 Å². The smallest absolute Gasteiger partial charge is 0.131 e. The van der Waals surface area contributed by atoms with Crippen LogP contribution in [0.5, 0.6) is 0 Å². The molecule has 0 aliphatic rings. The summed E-state index contributed by atoms with van der Waals surface area (Å²) in [5.41, 5.74) is 1.17. The monoisotopic (exact) mass is 239 g/mol. The Labute approximate surface area is 103 Å². The maximum absolute atomic E-state index is 13.7. The quantitative estimate of drug-likeness (QED) is 0.851. The van der Waals surface area contributed by atoms with Crippen LogP contribution in [-0.4, -0.2) is 18.7 Å². The lowest BCUT2D eigenvalue weighted by molar-refractivity contribution is 0.194. The van der Waals surface area contributed by atoms with Gasteiger partial charge in [0.05, 0.1) is 6.10 Å². The summed E-state index contributed by atoms with van der Waals surface area (Å²) >= 11 is 0. The lowest BCUT2D eigenvalue weighted by atomic mass is 10.0. The standard InChI is InChI=1S/C14H22FNO/c1-5-10(2)9-16(4)13-8-6-7-12(15)14(13)11(3)17/h6-8,10-11,17H,5,9H2,1-4H3/t10?,11-/m1/s1. The van der Waals surface area contributed by atoms with Gasteiger partial charge in [0.15, 0.2) is 0 Å². The Morgan fingerprint density at radius 3 is 2.53 bits per heavy atom. The average Bonchev–Trinajstić information content (AvgIpc) is 2.27. The molecule has 0 aliphatic carbocycles. The SMILES string of the molecule is CCC(C)CN(C)c1cccc(F)c1[C@@H](C)O. The molecule has 0 heterocycles. The molecule has 0 radical (unpaired) electrons. The molecule has 2 nitrogen and oxygen atoms in total. The molecular formula is C14H22FNO. The van der Waals surface area contributed by atoms with Gasteiger partial charge in [0.25, 0.3) is 0 Å². The van der Waals surface area contributed by atoms with E-state index < -0.39 is 6.10 Å². The fourth-order valence-corrected chi connectivity index (χ4v) is 1.97. The molecule has 2 atom stereocenters. The molecule has 0 saturated carbocycles. The van der Waals surface area contributed by atoms with E-state index in [2.05, 4.69) is 13.8 Å². The summed E-state index contributed by atoms with van der Waals surface area (Å²) in [5, 5.41) is 9.66. The van der Waals surface area contributed by atoms with Crippen LogP contribution in [0.2, 0.25) is 0 Å². The number of hydrogen-bond donors (Lipinski definition) is 1. The second-order valence-electron chi connectivity index (χ2n) is 4.74. The zero-order valence-corrected chi connectivity index (χ0v) is 11.1. The zero-order chi connectivity index (χ0) is 13.0. The van der Waals surface area contributed by atoms with Gasteiger partial charge in [0, 0.05) is 24.8 Å². The highest BCUT2D eigenvalue weighted by Gasteiger charge is 2.16. The molecule has 1 aromatic rings. The van der Waals surface area contributed by atoms with Crippen molar-refractivity contribution in [2.75, 3.05) is 18.5 Å². The van der Waals surface area contributed by atoms with Gasteiger partial charge in [-0.05, 0) is 25.0 Å². The van der Waals surface area contributed by atoms with Gasteiger partial charge < -0.3 is 10.0 Å². The van der Waals surface area contributed by atoms with E-state index >= 15 is 0 Å². The third-order valence-corrected chi connectivity index (χ3v) is 3.14. The van der Waals surface area contributed by atoms with E-state index in [-0.39, 0.29) is 5.82 Å². The predicted molar refractivity (Wildman–Crippen MR) is 69.8 cm³/mol. The fourth-order valence-electron chi connectivity index (χ4n) is 1.97. The van der Waals surface area contributed by atoms with Crippen LogP contribution in [-0.2, 0) is 0 Å². The van der Waals surface area contributed by atoms with E-state index in [4.69, 9.17) is 0 Å². The van der Waals surface area contributed by atoms with Gasteiger partial charge in [0.2, 0.25) is 0 Å². The van der Waals surface area contributed by atoms with Crippen molar-refractivity contribution < 1.29 is 9.50 Å². The number of aliphatic hydroxyl groups is 1. The van der Waals surface area contributed by atoms with Gasteiger partial charge in [0.1, 0.15) is 5.82 Å². The van der Waals surface area contributed by atoms with Gasteiger partial charge >= 0.3 is 0 Å². The molecule has 1 aromatic carbocycles. The second-order valence-corrected chi connectivity index (χ2v) is 4.74. The maximum atomic E-state index is 13.7. The largest absolute Gasteiger partial charge is 0.389 e. The maximum Gasteiger partial charge on any atom is 0.131 e. The Morgan fingerprint density at radius 1 is 1.35 bits per heavy atom. The number of rotatable bonds is 5. The summed E-state index contributed by atoms with van der Waals surface area (Å²) in [7, 11) is 1.94. The average molecular weight is 239 g/mol. The molecule has 0 bridgehead atoms. The summed E-state index contributed by atoms with van der Waals surface area (Å²) < 4.78 is 13.7. The first kappa shape index (κ1) is 14.0. The van der Waals surface area contributed by atoms with E-state index in [1.807, 2.05) is 18.0 Å². The van der Waals surface area contributed by atoms with Gasteiger partial charge in [-0.2, -0.15) is 0 Å². The minimum absolute atomic E-state index is 0.339. The van der Waals surface area contributed by atoms with E-state index in [0.29, 0.717) is 11.5 Å². The molecule has 0 aliphatic heterocycles. The van der Waals surface area contributed by atoms with Crippen molar-refractivity contribution in [3.05, 3.63) is 29.6 Å². The van der Waals surface area contributed by atoms with Gasteiger partial charge in [-0.1, -0.05) is 26.3 Å². The summed E-state index contributed by atoms with van der Waals surface area (Å²) in [5.74, 6) is 0.207. The molecule has 1 unspecified atom stereocenters. The highest BCUT2D eigenvalue weighted by atomic mass is 19.1. The fraction of sp³-hybridized carbons (Fsp3) is 0.571. The van der Waals surface area contributed by atoms with Gasteiger partial charge in [-0.25, -0.2) is 4.39 Å². The lowest BCUT2D eigenvalue weighted by Gasteiger charge is -2.26. The topological polar surface area (TPSA) is 23.5 Å². The minimum atomic E-state index is -0.786. The summed E-state index contributed by atoms with van der Waals surface area (Å²) in [4.78, 5) is 2.01. The van der Waals surface area contributed by atoms with Crippen LogP contribution in [0.1, 0.15) is 38.9 Å². The third kappa shape index (κ3) is 3.43. The molecule has 17 heavy (non-hydrogen) atoms. The van der Waals surface area contributed by atoms with Crippen LogP contribution >= 0.6 is 0 Å². The Balaban J connectivity index is 3.00.